The highest BCUT2D eigenvalue weighted by Crippen LogP contribution is 2.40. The van der Waals surface area contributed by atoms with Gasteiger partial charge in [-0.3, -0.25) is 4.57 Å². The topological polar surface area (TPSA) is 75.3 Å². The average molecular weight is 701 g/mol. The van der Waals surface area contributed by atoms with Crippen molar-refractivity contribution in [3.63, 3.8) is 0 Å². The first kappa shape index (κ1) is 30.7. The number of fused-ring (bicyclic) bond motifs is 9. The van der Waals surface area contributed by atoms with E-state index in [2.05, 4.69) is 141 Å². The number of aromatic nitrogens is 4. The van der Waals surface area contributed by atoms with Gasteiger partial charge in [-0.25, -0.2) is 4.98 Å². The van der Waals surface area contributed by atoms with Crippen molar-refractivity contribution in [2.24, 2.45) is 0 Å². The van der Waals surface area contributed by atoms with E-state index < -0.39 is 0 Å². The van der Waals surface area contributed by atoms with Crippen LogP contribution in [-0.4, -0.2) is 18.7 Å². The van der Waals surface area contributed by atoms with E-state index in [-0.39, 0.29) is 0 Å². The number of benzene rings is 7. The van der Waals surface area contributed by atoms with Gasteiger partial charge >= 0.3 is 0 Å². The second-order valence-corrected chi connectivity index (χ2v) is 13.9. The Morgan fingerprint density at radius 2 is 0.982 bits per heavy atom. The zero-order chi connectivity index (χ0) is 36.6. The summed E-state index contributed by atoms with van der Waals surface area (Å²) in [6, 6.07) is 61.2. The number of hydrogen-bond donors (Lipinski definition) is 0. The quantitative estimate of drug-likeness (QED) is 0.183. The summed E-state index contributed by atoms with van der Waals surface area (Å²) in [5, 5.41) is 26.6. The number of pyridine rings is 1. The van der Waals surface area contributed by atoms with Crippen molar-refractivity contribution < 1.29 is 0 Å². The zero-order valence-corrected chi connectivity index (χ0v) is 29.3. The van der Waals surface area contributed by atoms with Gasteiger partial charge in [0.2, 0.25) is 0 Å². The lowest BCUT2D eigenvalue weighted by atomic mass is 10.0. The SMILES string of the molecule is N#Cc1cc(-c2cccc(-n3c4cc5c(cc4c4cccnc43)c3ccccc3n5-c3ccccc3)c2)cc(-n2c3ccccc3c3cc(C#N)ccc32)c1. The minimum absolute atomic E-state index is 0.562. The summed E-state index contributed by atoms with van der Waals surface area (Å²) in [5.41, 5.74) is 12.3. The van der Waals surface area contributed by atoms with Crippen LogP contribution in [-0.2, 0) is 0 Å². The molecule has 11 rings (SSSR count). The fourth-order valence-electron chi connectivity index (χ4n) is 8.54. The molecule has 0 saturated heterocycles. The maximum absolute atomic E-state index is 10.3. The lowest BCUT2D eigenvalue weighted by molar-refractivity contribution is 1.13. The molecule has 0 unspecified atom stereocenters. The number of hydrogen-bond acceptors (Lipinski definition) is 3. The fourth-order valence-corrected chi connectivity index (χ4v) is 8.54. The third-order valence-electron chi connectivity index (χ3n) is 10.9. The van der Waals surface area contributed by atoms with Crippen LogP contribution >= 0.6 is 0 Å². The molecule has 0 saturated carbocycles. The van der Waals surface area contributed by atoms with E-state index in [1.165, 1.54) is 10.8 Å². The standard InChI is InChI=1S/C49H28N6/c50-29-31-19-20-46-41(24-31)38-14-4-7-18-45(38)54(46)37-23-32(30-51)22-34(26-37)33-10-8-13-36(25-33)55-48-28-47-42(27-43(48)40-16-9-21-52-49(40)55)39-15-5-6-17-44(39)53(47)35-11-2-1-3-12-35/h1-28H. The monoisotopic (exact) mass is 700 g/mol. The van der Waals surface area contributed by atoms with E-state index in [0.29, 0.717) is 11.1 Å². The van der Waals surface area contributed by atoms with E-state index in [9.17, 15) is 10.5 Å². The summed E-state index contributed by atoms with van der Waals surface area (Å²) < 4.78 is 6.80. The minimum Gasteiger partial charge on any atom is -0.309 e. The maximum atomic E-state index is 10.3. The average Bonchev–Trinajstić information content (AvgIpc) is 3.88. The molecule has 0 bridgehead atoms. The molecule has 0 radical (unpaired) electrons. The third kappa shape index (κ3) is 4.56. The first-order valence-electron chi connectivity index (χ1n) is 18.2. The molecular weight excluding hydrogens is 673 g/mol. The minimum atomic E-state index is 0.562. The molecule has 0 aliphatic rings. The van der Waals surface area contributed by atoms with Crippen molar-refractivity contribution in [2.45, 2.75) is 0 Å². The Bertz CT molecular complexity index is 3460. The van der Waals surface area contributed by atoms with Crippen LogP contribution < -0.4 is 0 Å². The van der Waals surface area contributed by atoms with Crippen LogP contribution in [0.1, 0.15) is 11.1 Å². The van der Waals surface area contributed by atoms with E-state index in [0.717, 1.165) is 83.0 Å². The van der Waals surface area contributed by atoms with Gasteiger partial charge in [-0.05, 0) is 108 Å². The fraction of sp³-hybridized carbons (Fsp3) is 0. The molecule has 11 aromatic rings. The molecule has 55 heavy (non-hydrogen) atoms. The molecule has 0 atom stereocenters. The number of para-hydroxylation sites is 3. The number of rotatable bonds is 4. The molecule has 4 heterocycles. The number of nitrogens with zero attached hydrogens (tertiary/aromatic N) is 6. The van der Waals surface area contributed by atoms with Gasteiger partial charge in [0.05, 0.1) is 50.8 Å². The highest BCUT2D eigenvalue weighted by atomic mass is 15.1. The van der Waals surface area contributed by atoms with E-state index >= 15 is 0 Å². The summed E-state index contributed by atoms with van der Waals surface area (Å²) in [6.07, 6.45) is 1.86. The van der Waals surface area contributed by atoms with E-state index in [1.54, 1.807) is 0 Å². The summed E-state index contributed by atoms with van der Waals surface area (Å²) in [7, 11) is 0. The second-order valence-electron chi connectivity index (χ2n) is 13.9. The zero-order valence-electron chi connectivity index (χ0n) is 29.3. The maximum Gasteiger partial charge on any atom is 0.145 e. The molecule has 0 amide bonds. The van der Waals surface area contributed by atoms with Gasteiger partial charge in [0.25, 0.3) is 0 Å². The summed E-state index contributed by atoms with van der Waals surface area (Å²) in [6.45, 7) is 0. The lowest BCUT2D eigenvalue weighted by Crippen LogP contribution is -1.98. The Morgan fingerprint density at radius 1 is 0.364 bits per heavy atom. The van der Waals surface area contributed by atoms with Crippen molar-refractivity contribution in [1.29, 1.82) is 10.5 Å². The molecule has 6 nitrogen and oxygen atoms in total. The van der Waals surface area contributed by atoms with Gasteiger partial charge < -0.3 is 9.13 Å². The Balaban J connectivity index is 1.14. The van der Waals surface area contributed by atoms with E-state index in [1.807, 2.05) is 54.7 Å². The Kier molecular flexibility index (Phi) is 6.58. The first-order valence-corrected chi connectivity index (χ1v) is 18.2. The molecule has 6 heteroatoms. The molecular formula is C49H28N6. The van der Waals surface area contributed by atoms with Crippen molar-refractivity contribution in [1.82, 2.24) is 18.7 Å². The largest absolute Gasteiger partial charge is 0.309 e. The van der Waals surface area contributed by atoms with Crippen LogP contribution in [0.4, 0.5) is 0 Å². The van der Waals surface area contributed by atoms with Crippen LogP contribution in [0.2, 0.25) is 0 Å². The van der Waals surface area contributed by atoms with Crippen molar-refractivity contribution in [3.8, 4) is 40.3 Å². The van der Waals surface area contributed by atoms with Gasteiger partial charge in [-0.1, -0.05) is 66.7 Å². The molecule has 4 aromatic heterocycles. The van der Waals surface area contributed by atoms with Crippen LogP contribution in [0.3, 0.4) is 0 Å². The summed E-state index contributed by atoms with van der Waals surface area (Å²) >= 11 is 0. The van der Waals surface area contributed by atoms with Gasteiger partial charge in [-0.2, -0.15) is 10.5 Å². The smallest absolute Gasteiger partial charge is 0.145 e. The van der Waals surface area contributed by atoms with Crippen molar-refractivity contribution in [2.75, 3.05) is 0 Å². The van der Waals surface area contributed by atoms with Crippen LogP contribution in [0.25, 0.3) is 93.7 Å². The van der Waals surface area contributed by atoms with Crippen molar-refractivity contribution in [3.05, 3.63) is 181 Å². The van der Waals surface area contributed by atoms with Gasteiger partial charge in [0.15, 0.2) is 0 Å². The Labute approximate surface area is 315 Å². The molecule has 0 N–H and O–H groups in total. The molecule has 254 valence electrons. The van der Waals surface area contributed by atoms with Crippen LogP contribution in [0.15, 0.2) is 170 Å². The third-order valence-corrected chi connectivity index (χ3v) is 10.9. The first-order chi connectivity index (χ1) is 27.2. The Hall–Kier alpha value is -7.93. The molecule has 0 fully saturated rings. The summed E-state index contributed by atoms with van der Waals surface area (Å²) in [5.74, 6) is 0. The normalized spacial score (nSPS) is 11.6. The molecule has 0 spiro atoms. The predicted octanol–water partition coefficient (Wildman–Crippen LogP) is 11.8. The summed E-state index contributed by atoms with van der Waals surface area (Å²) in [4.78, 5) is 4.95. The Morgan fingerprint density at radius 3 is 1.76 bits per heavy atom. The van der Waals surface area contributed by atoms with Gasteiger partial charge in [-0.15, -0.1) is 0 Å². The van der Waals surface area contributed by atoms with Crippen LogP contribution in [0, 0.1) is 22.7 Å². The molecule has 0 aliphatic carbocycles. The number of nitriles is 2. The lowest BCUT2D eigenvalue weighted by Gasteiger charge is -2.13. The van der Waals surface area contributed by atoms with E-state index in [4.69, 9.17) is 4.98 Å². The van der Waals surface area contributed by atoms with Crippen LogP contribution in [0.5, 0.6) is 0 Å². The second kappa shape index (κ2) is 11.8. The highest BCUT2D eigenvalue weighted by Gasteiger charge is 2.20. The highest BCUT2D eigenvalue weighted by molar-refractivity contribution is 6.18. The molecule has 7 aromatic carbocycles. The molecule has 0 aliphatic heterocycles. The van der Waals surface area contributed by atoms with Crippen molar-refractivity contribution >= 4 is 65.5 Å². The van der Waals surface area contributed by atoms with Gasteiger partial charge in [0, 0.05) is 55.6 Å². The predicted molar refractivity (Wildman–Crippen MR) is 222 cm³/mol. The van der Waals surface area contributed by atoms with Gasteiger partial charge in [0.1, 0.15) is 5.65 Å².